The second-order valence-electron chi connectivity index (χ2n) is 5.44. The monoisotopic (exact) mass is 382 g/mol. The number of carbonyl (C=O) groups excluding carboxylic acids is 4. The van der Waals surface area contributed by atoms with E-state index in [0.29, 0.717) is 5.69 Å². The van der Waals surface area contributed by atoms with Gasteiger partial charge in [-0.2, -0.15) is 0 Å². The molecule has 0 spiro atoms. The van der Waals surface area contributed by atoms with Gasteiger partial charge in [-0.3, -0.25) is 19.7 Å². The molecule has 0 saturated heterocycles. The molecule has 0 aliphatic carbocycles. The van der Waals surface area contributed by atoms with E-state index in [-0.39, 0.29) is 17.1 Å². The molecule has 2 N–H and O–H groups in total. The van der Waals surface area contributed by atoms with Crippen molar-refractivity contribution < 1.29 is 32.7 Å². The van der Waals surface area contributed by atoms with Crippen molar-refractivity contribution in [1.82, 2.24) is 5.32 Å². The van der Waals surface area contributed by atoms with Crippen LogP contribution < -0.4 is 10.6 Å². The van der Waals surface area contributed by atoms with Gasteiger partial charge >= 0.3 is 5.97 Å². The molecule has 3 amide bonds. The van der Waals surface area contributed by atoms with Crippen LogP contribution in [0.2, 0.25) is 0 Å². The first-order valence-electron chi connectivity index (χ1n) is 8.02. The summed E-state index contributed by atoms with van der Waals surface area (Å²) in [5.74, 6) is -2.60. The Bertz CT molecular complexity index is 974. The molecule has 0 fully saturated rings. The third kappa shape index (κ3) is 4.73. The second kappa shape index (κ2) is 8.49. The number of anilines is 1. The SMILES string of the molecule is O=C(COC(=O)c1ccc(NC(=O)c2ccco2)cc1)NC(=O)c1ccco1. The molecule has 3 rings (SSSR count). The third-order valence-electron chi connectivity index (χ3n) is 3.46. The predicted molar refractivity (Wildman–Crippen MR) is 94.6 cm³/mol. The molecule has 0 aliphatic heterocycles. The third-order valence-corrected chi connectivity index (χ3v) is 3.46. The van der Waals surface area contributed by atoms with Crippen molar-refractivity contribution in [2.75, 3.05) is 11.9 Å². The maximum absolute atomic E-state index is 12.0. The average Bonchev–Trinajstić information content (AvgIpc) is 3.40. The smallest absolute Gasteiger partial charge is 0.338 e. The van der Waals surface area contributed by atoms with Gasteiger partial charge in [0.25, 0.3) is 17.7 Å². The van der Waals surface area contributed by atoms with Crippen molar-refractivity contribution in [2.24, 2.45) is 0 Å². The van der Waals surface area contributed by atoms with Crippen molar-refractivity contribution in [1.29, 1.82) is 0 Å². The van der Waals surface area contributed by atoms with Crippen LogP contribution in [0.4, 0.5) is 5.69 Å². The number of esters is 1. The number of imide groups is 1. The van der Waals surface area contributed by atoms with Crippen LogP contribution in [0, 0.1) is 0 Å². The van der Waals surface area contributed by atoms with Crippen LogP contribution in [-0.2, 0) is 9.53 Å². The Balaban J connectivity index is 1.48. The molecule has 0 radical (unpaired) electrons. The van der Waals surface area contributed by atoms with Gasteiger partial charge in [0.2, 0.25) is 0 Å². The second-order valence-corrected chi connectivity index (χ2v) is 5.44. The van der Waals surface area contributed by atoms with Crippen LogP contribution in [0.15, 0.2) is 69.9 Å². The minimum Gasteiger partial charge on any atom is -0.459 e. The lowest BCUT2D eigenvalue weighted by Crippen LogP contribution is -2.33. The zero-order valence-electron chi connectivity index (χ0n) is 14.3. The number of hydrogen-bond donors (Lipinski definition) is 2. The van der Waals surface area contributed by atoms with Gasteiger partial charge in [-0.1, -0.05) is 0 Å². The van der Waals surface area contributed by atoms with E-state index in [9.17, 15) is 19.2 Å². The molecule has 2 aromatic heterocycles. The first-order valence-corrected chi connectivity index (χ1v) is 8.02. The van der Waals surface area contributed by atoms with Crippen molar-refractivity contribution in [3.63, 3.8) is 0 Å². The van der Waals surface area contributed by atoms with E-state index in [2.05, 4.69) is 5.32 Å². The van der Waals surface area contributed by atoms with E-state index in [4.69, 9.17) is 13.6 Å². The Hall–Kier alpha value is -4.14. The van der Waals surface area contributed by atoms with Gasteiger partial charge in [-0.05, 0) is 48.5 Å². The first kappa shape index (κ1) is 18.6. The summed E-state index contributed by atoms with van der Waals surface area (Å²) >= 11 is 0. The lowest BCUT2D eigenvalue weighted by atomic mass is 10.2. The molecule has 142 valence electrons. The minimum absolute atomic E-state index is 0.0353. The maximum atomic E-state index is 12.0. The molecule has 0 bridgehead atoms. The lowest BCUT2D eigenvalue weighted by molar-refractivity contribution is -0.123. The molecule has 28 heavy (non-hydrogen) atoms. The van der Waals surface area contributed by atoms with Crippen LogP contribution in [0.1, 0.15) is 31.5 Å². The molecule has 9 nitrogen and oxygen atoms in total. The number of furan rings is 2. The van der Waals surface area contributed by atoms with Crippen LogP contribution in [0.5, 0.6) is 0 Å². The summed E-state index contributed by atoms with van der Waals surface area (Å²) in [7, 11) is 0. The Labute approximate surface area is 158 Å². The highest BCUT2D eigenvalue weighted by Crippen LogP contribution is 2.12. The number of benzene rings is 1. The number of rotatable bonds is 6. The van der Waals surface area contributed by atoms with Gasteiger partial charge < -0.3 is 18.9 Å². The molecule has 9 heteroatoms. The Kier molecular flexibility index (Phi) is 5.66. The Morgan fingerprint density at radius 3 is 2.00 bits per heavy atom. The largest absolute Gasteiger partial charge is 0.459 e. The molecule has 0 saturated carbocycles. The van der Waals surface area contributed by atoms with Crippen molar-refractivity contribution in [3.8, 4) is 0 Å². The highest BCUT2D eigenvalue weighted by atomic mass is 16.5. The summed E-state index contributed by atoms with van der Waals surface area (Å²) in [4.78, 5) is 47.1. The van der Waals surface area contributed by atoms with Gasteiger partial charge in [0.15, 0.2) is 18.1 Å². The number of amides is 3. The summed E-state index contributed by atoms with van der Waals surface area (Å²) < 4.78 is 14.7. The maximum Gasteiger partial charge on any atom is 0.338 e. The molecule has 2 heterocycles. The summed E-state index contributed by atoms with van der Waals surface area (Å²) in [5.41, 5.74) is 0.612. The van der Waals surface area contributed by atoms with Crippen molar-refractivity contribution in [2.45, 2.75) is 0 Å². The Morgan fingerprint density at radius 1 is 0.821 bits per heavy atom. The van der Waals surface area contributed by atoms with Crippen molar-refractivity contribution in [3.05, 3.63) is 78.1 Å². The number of hydrogen-bond acceptors (Lipinski definition) is 7. The summed E-state index contributed by atoms with van der Waals surface area (Å²) in [5, 5.41) is 4.63. The quantitative estimate of drug-likeness (QED) is 0.626. The van der Waals surface area contributed by atoms with Crippen LogP contribution in [-0.4, -0.2) is 30.3 Å². The molecular weight excluding hydrogens is 368 g/mol. The van der Waals surface area contributed by atoms with Gasteiger partial charge in [-0.15, -0.1) is 0 Å². The van der Waals surface area contributed by atoms with E-state index in [1.165, 1.54) is 55.0 Å². The summed E-state index contributed by atoms with van der Waals surface area (Å²) in [6, 6.07) is 11.8. The average molecular weight is 382 g/mol. The van der Waals surface area contributed by atoms with Gasteiger partial charge in [0.05, 0.1) is 18.1 Å². The lowest BCUT2D eigenvalue weighted by Gasteiger charge is -2.06. The minimum atomic E-state index is -0.794. The summed E-state index contributed by atoms with van der Waals surface area (Å²) in [6.45, 7) is -0.637. The number of ether oxygens (including phenoxy) is 1. The predicted octanol–water partition coefficient (Wildman–Crippen LogP) is 2.24. The highest BCUT2D eigenvalue weighted by molar-refractivity contribution is 6.04. The zero-order valence-corrected chi connectivity index (χ0v) is 14.3. The molecule has 0 aliphatic rings. The zero-order chi connectivity index (χ0) is 19.9. The van der Waals surface area contributed by atoms with Crippen LogP contribution in [0.3, 0.4) is 0 Å². The van der Waals surface area contributed by atoms with Gasteiger partial charge in [-0.25, -0.2) is 4.79 Å². The Morgan fingerprint density at radius 2 is 1.43 bits per heavy atom. The molecule has 1 aromatic carbocycles. The van der Waals surface area contributed by atoms with E-state index >= 15 is 0 Å². The number of carbonyl (C=O) groups is 4. The normalized spacial score (nSPS) is 10.1. The van der Waals surface area contributed by atoms with Crippen LogP contribution >= 0.6 is 0 Å². The fraction of sp³-hybridized carbons (Fsp3) is 0.0526. The van der Waals surface area contributed by atoms with Crippen molar-refractivity contribution >= 4 is 29.4 Å². The number of nitrogens with one attached hydrogen (secondary N) is 2. The fourth-order valence-electron chi connectivity index (χ4n) is 2.14. The van der Waals surface area contributed by atoms with Crippen LogP contribution in [0.25, 0.3) is 0 Å². The fourth-order valence-corrected chi connectivity index (χ4v) is 2.14. The van der Waals surface area contributed by atoms with E-state index in [1.54, 1.807) is 6.07 Å². The standard InChI is InChI=1S/C19H14N2O7/c22-16(21-18(24)15-4-2-10-27-15)11-28-19(25)12-5-7-13(8-6-12)20-17(23)14-3-1-9-26-14/h1-10H,11H2,(H,20,23)(H,21,22,24). The highest BCUT2D eigenvalue weighted by Gasteiger charge is 2.15. The molecular formula is C19H14N2O7. The van der Waals surface area contributed by atoms with E-state index in [1.807, 2.05) is 5.32 Å². The molecule has 0 atom stereocenters. The molecule has 3 aromatic rings. The van der Waals surface area contributed by atoms with E-state index in [0.717, 1.165) is 0 Å². The van der Waals surface area contributed by atoms with Gasteiger partial charge in [0, 0.05) is 5.69 Å². The van der Waals surface area contributed by atoms with E-state index < -0.39 is 30.3 Å². The molecule has 0 unspecified atom stereocenters. The topological polar surface area (TPSA) is 128 Å². The first-order chi connectivity index (χ1) is 13.5. The van der Waals surface area contributed by atoms with Gasteiger partial charge in [0.1, 0.15) is 0 Å². The summed E-state index contributed by atoms with van der Waals surface area (Å²) in [6.07, 6.45) is 2.67.